The quantitative estimate of drug-likeness (QED) is 0.613. The predicted molar refractivity (Wildman–Crippen MR) is 53.2 cm³/mol. The smallest absolute Gasteiger partial charge is 0.433 e. The lowest BCUT2D eigenvalue weighted by molar-refractivity contribution is -0.143. The number of pyridine rings is 1. The molecule has 1 rings (SSSR count). The summed E-state index contributed by atoms with van der Waals surface area (Å²) in [5.74, 6) is -1.16. The molecular weight excluding hydrogens is 329 g/mol. The van der Waals surface area contributed by atoms with Crippen molar-refractivity contribution in [2.45, 2.75) is 12.6 Å². The van der Waals surface area contributed by atoms with Crippen LogP contribution in [0.4, 0.5) is 22.0 Å². The monoisotopic (exact) mass is 333 g/mol. The third-order valence-electron chi connectivity index (χ3n) is 1.89. The highest BCUT2D eigenvalue weighted by Gasteiger charge is 2.39. The minimum atomic E-state index is -5.09. The van der Waals surface area contributed by atoms with E-state index in [1.54, 1.807) is 0 Å². The normalized spacial score (nSPS) is 11.8. The van der Waals surface area contributed by atoms with Crippen molar-refractivity contribution in [1.82, 2.24) is 4.98 Å². The summed E-state index contributed by atoms with van der Waals surface area (Å²) in [7, 11) is 0.935. The molecule has 0 aliphatic carbocycles. The van der Waals surface area contributed by atoms with E-state index in [2.05, 4.69) is 25.7 Å². The van der Waals surface area contributed by atoms with Crippen LogP contribution in [0.5, 0.6) is 0 Å². The lowest BCUT2D eigenvalue weighted by Crippen LogP contribution is -2.17. The van der Waals surface area contributed by atoms with E-state index in [0.717, 1.165) is 7.11 Å². The maximum absolute atomic E-state index is 12.5. The molecule has 9 heteroatoms. The molecule has 0 spiro atoms. The zero-order valence-electron chi connectivity index (χ0n) is 8.69. The van der Waals surface area contributed by atoms with Gasteiger partial charge in [-0.15, -0.1) is 0 Å². The van der Waals surface area contributed by atoms with Crippen LogP contribution < -0.4 is 0 Å². The summed E-state index contributed by atoms with van der Waals surface area (Å²) in [6, 6.07) is 0.507. The number of hydrogen-bond donors (Lipinski definition) is 0. The van der Waals surface area contributed by atoms with Crippen molar-refractivity contribution in [3.8, 4) is 0 Å². The zero-order chi connectivity index (χ0) is 14.1. The van der Waals surface area contributed by atoms with Crippen LogP contribution in [0, 0.1) is 0 Å². The number of aromatic nitrogens is 1. The van der Waals surface area contributed by atoms with Crippen molar-refractivity contribution in [1.29, 1.82) is 0 Å². The largest absolute Gasteiger partial charge is 0.464 e. The van der Waals surface area contributed by atoms with E-state index < -0.39 is 35.5 Å². The topological polar surface area (TPSA) is 39.2 Å². The molecule has 18 heavy (non-hydrogen) atoms. The first kappa shape index (κ1) is 14.8. The summed E-state index contributed by atoms with van der Waals surface area (Å²) in [5, 5.41) is 0. The van der Waals surface area contributed by atoms with E-state index in [1.807, 2.05) is 0 Å². The summed E-state index contributed by atoms with van der Waals surface area (Å²) < 4.78 is 66.4. The molecule has 0 fully saturated rings. The Morgan fingerprint density at radius 1 is 1.44 bits per heavy atom. The van der Waals surface area contributed by atoms with Gasteiger partial charge in [0.1, 0.15) is 0 Å². The van der Waals surface area contributed by atoms with E-state index >= 15 is 0 Å². The molecule has 0 N–H and O–H groups in total. The van der Waals surface area contributed by atoms with Gasteiger partial charge < -0.3 is 4.74 Å². The van der Waals surface area contributed by atoms with E-state index in [1.165, 1.54) is 0 Å². The third-order valence-corrected chi connectivity index (χ3v) is 2.49. The van der Waals surface area contributed by atoms with Crippen molar-refractivity contribution >= 4 is 21.9 Å². The second kappa shape index (κ2) is 5.17. The van der Waals surface area contributed by atoms with Crippen LogP contribution in [-0.4, -0.2) is 18.1 Å². The molecule has 0 saturated carbocycles. The van der Waals surface area contributed by atoms with Gasteiger partial charge in [0.05, 0.1) is 11.6 Å². The fourth-order valence-electron chi connectivity index (χ4n) is 1.14. The molecule has 0 aliphatic rings. The van der Waals surface area contributed by atoms with Gasteiger partial charge >= 0.3 is 12.1 Å². The summed E-state index contributed by atoms with van der Waals surface area (Å²) in [4.78, 5) is 14.0. The van der Waals surface area contributed by atoms with Gasteiger partial charge in [-0.1, -0.05) is 0 Å². The zero-order valence-corrected chi connectivity index (χ0v) is 10.3. The summed E-state index contributed by atoms with van der Waals surface area (Å²) >= 11 is 2.69. The van der Waals surface area contributed by atoms with Crippen LogP contribution >= 0.6 is 15.9 Å². The first-order valence-corrected chi connectivity index (χ1v) is 5.12. The van der Waals surface area contributed by atoms with Crippen LogP contribution in [0.3, 0.4) is 0 Å². The average molecular weight is 334 g/mol. The molecule has 0 radical (unpaired) electrons. The summed E-state index contributed by atoms with van der Waals surface area (Å²) in [5.41, 5.74) is -3.82. The molecule has 1 heterocycles. The molecule has 0 amide bonds. The first-order valence-electron chi connectivity index (χ1n) is 4.32. The van der Waals surface area contributed by atoms with Crippen molar-refractivity contribution in [3.63, 3.8) is 0 Å². The fourth-order valence-corrected chi connectivity index (χ4v) is 1.63. The Morgan fingerprint density at radius 3 is 2.39 bits per heavy atom. The van der Waals surface area contributed by atoms with Crippen molar-refractivity contribution in [3.05, 3.63) is 27.5 Å². The van der Waals surface area contributed by atoms with Crippen molar-refractivity contribution in [2.75, 3.05) is 7.11 Å². The Kier molecular flexibility index (Phi) is 4.25. The molecule has 0 atom stereocenters. The van der Waals surface area contributed by atoms with E-state index in [0.29, 0.717) is 6.07 Å². The van der Waals surface area contributed by atoms with E-state index in [-0.39, 0.29) is 4.47 Å². The predicted octanol–water partition coefficient (Wildman–Crippen LogP) is 3.59. The van der Waals surface area contributed by atoms with Gasteiger partial charge in [0, 0.05) is 5.56 Å². The van der Waals surface area contributed by atoms with Crippen LogP contribution in [0.25, 0.3) is 0 Å². The number of hydrogen-bond acceptors (Lipinski definition) is 3. The number of carbonyl (C=O) groups is 1. The van der Waals surface area contributed by atoms with Crippen LogP contribution in [-0.2, 0) is 10.9 Å². The van der Waals surface area contributed by atoms with E-state index in [9.17, 15) is 26.7 Å². The number of esters is 1. The molecule has 1 aromatic rings. The van der Waals surface area contributed by atoms with Gasteiger partial charge in [-0.3, -0.25) is 0 Å². The molecule has 100 valence electrons. The molecule has 0 aromatic carbocycles. The Morgan fingerprint density at radius 2 is 2.00 bits per heavy atom. The molecule has 0 aliphatic heterocycles. The number of nitrogens with zero attached hydrogens (tertiary/aromatic N) is 1. The second-order valence-electron chi connectivity index (χ2n) is 3.05. The number of methoxy groups -OCH3 is 1. The van der Waals surface area contributed by atoms with Gasteiger partial charge in [-0.25, -0.2) is 18.6 Å². The third kappa shape index (κ3) is 2.95. The maximum atomic E-state index is 12.5. The summed E-state index contributed by atoms with van der Waals surface area (Å²) in [6.45, 7) is 0. The minimum absolute atomic E-state index is 0.294. The minimum Gasteiger partial charge on any atom is -0.464 e. The average Bonchev–Trinajstić information content (AvgIpc) is 2.25. The molecule has 0 bridgehead atoms. The van der Waals surface area contributed by atoms with Crippen LogP contribution in [0.1, 0.15) is 28.2 Å². The molecular formula is C9H5BrF5NO2. The number of ether oxygens (including phenoxy) is 1. The van der Waals surface area contributed by atoms with Gasteiger partial charge in [-0.05, 0) is 22.0 Å². The molecule has 0 saturated heterocycles. The van der Waals surface area contributed by atoms with Crippen molar-refractivity contribution < 1.29 is 31.5 Å². The van der Waals surface area contributed by atoms with E-state index in [4.69, 9.17) is 0 Å². The van der Waals surface area contributed by atoms with Crippen LogP contribution in [0.2, 0.25) is 0 Å². The second-order valence-corrected chi connectivity index (χ2v) is 3.90. The number of rotatable bonds is 2. The molecule has 3 nitrogen and oxygen atoms in total. The number of halogens is 6. The highest BCUT2D eigenvalue weighted by Crippen LogP contribution is 2.37. The summed E-state index contributed by atoms with van der Waals surface area (Å²) in [6.07, 6.45) is -8.45. The Hall–Kier alpha value is -1.25. The highest BCUT2D eigenvalue weighted by molar-refractivity contribution is 9.10. The number of carbonyl (C=O) groups excluding carboxylic acids is 1. The lowest BCUT2D eigenvalue weighted by Gasteiger charge is -2.13. The maximum Gasteiger partial charge on any atom is 0.433 e. The SMILES string of the molecule is COC(=O)c1nc(C(F)(F)F)c(C(F)F)cc1Br. The molecule has 0 unspecified atom stereocenters. The van der Waals surface area contributed by atoms with Crippen molar-refractivity contribution in [2.24, 2.45) is 0 Å². The number of alkyl halides is 5. The first-order chi connectivity index (χ1) is 8.18. The lowest BCUT2D eigenvalue weighted by atomic mass is 10.1. The molecule has 1 aromatic heterocycles. The Bertz CT molecular complexity index is 475. The van der Waals surface area contributed by atoms with Crippen LogP contribution in [0.15, 0.2) is 10.5 Å². The Balaban J connectivity index is 3.51. The van der Waals surface area contributed by atoms with Gasteiger partial charge in [0.25, 0.3) is 6.43 Å². The van der Waals surface area contributed by atoms with Gasteiger partial charge in [0.2, 0.25) is 0 Å². The van der Waals surface area contributed by atoms with Gasteiger partial charge in [-0.2, -0.15) is 13.2 Å². The van der Waals surface area contributed by atoms with Gasteiger partial charge in [0.15, 0.2) is 11.4 Å². The highest BCUT2D eigenvalue weighted by atomic mass is 79.9. The Labute approximate surface area is 106 Å². The fraction of sp³-hybridized carbons (Fsp3) is 0.333. The standard InChI is InChI=1S/C9H5BrF5NO2/c1-18-8(17)5-4(10)2-3(7(11)12)6(16-5)9(13,14)15/h2,7H,1H3.